The van der Waals surface area contributed by atoms with Gasteiger partial charge >= 0.3 is 6.36 Å². The smallest absolute Gasteiger partial charge is 0.406 e. The number of ether oxygens (including phenoxy) is 1. The van der Waals surface area contributed by atoms with Gasteiger partial charge < -0.3 is 15.8 Å². The minimum Gasteiger partial charge on any atom is -0.406 e. The van der Waals surface area contributed by atoms with Crippen molar-refractivity contribution in [3.05, 3.63) is 53.3 Å². The van der Waals surface area contributed by atoms with Crippen LogP contribution in [0.1, 0.15) is 17.0 Å². The molecule has 1 aromatic carbocycles. The van der Waals surface area contributed by atoms with Gasteiger partial charge in [0.25, 0.3) is 0 Å². The summed E-state index contributed by atoms with van der Waals surface area (Å²) < 4.78 is 40.5. The van der Waals surface area contributed by atoms with E-state index >= 15 is 0 Å². The van der Waals surface area contributed by atoms with Crippen molar-refractivity contribution < 1.29 is 17.9 Å². The second kappa shape index (κ2) is 7.20. The predicted octanol–water partition coefficient (Wildman–Crippen LogP) is 3.52. The van der Waals surface area contributed by atoms with Crippen LogP contribution in [0.5, 0.6) is 5.75 Å². The number of aliphatic imine (C=N–C) groups is 1. The Morgan fingerprint density at radius 3 is 2.50 bits per heavy atom. The van der Waals surface area contributed by atoms with E-state index in [1.807, 2.05) is 26.0 Å². The Labute approximate surface area is 137 Å². The summed E-state index contributed by atoms with van der Waals surface area (Å²) in [5.74, 6) is -0.244. The molecular formula is C16H17F3N4O. The zero-order chi connectivity index (χ0) is 17.7. The molecule has 0 aliphatic carbocycles. The number of nitrogens with zero attached hydrogens (tertiary/aromatic N) is 2. The summed E-state index contributed by atoms with van der Waals surface area (Å²) in [6, 6.07) is 9.16. The Morgan fingerprint density at radius 1 is 1.21 bits per heavy atom. The van der Waals surface area contributed by atoms with Crippen LogP contribution in [0, 0.1) is 13.8 Å². The Balaban J connectivity index is 2.03. The zero-order valence-electron chi connectivity index (χ0n) is 13.2. The monoisotopic (exact) mass is 338 g/mol. The van der Waals surface area contributed by atoms with Gasteiger partial charge in [0.15, 0.2) is 5.96 Å². The van der Waals surface area contributed by atoms with Crippen molar-refractivity contribution in [2.45, 2.75) is 26.8 Å². The second-order valence-electron chi connectivity index (χ2n) is 5.16. The molecule has 0 saturated heterocycles. The van der Waals surface area contributed by atoms with Crippen LogP contribution < -0.4 is 15.8 Å². The van der Waals surface area contributed by atoms with Crippen molar-refractivity contribution in [2.24, 2.45) is 10.7 Å². The van der Waals surface area contributed by atoms with Crippen LogP contribution in [0.3, 0.4) is 0 Å². The van der Waals surface area contributed by atoms with Gasteiger partial charge in [-0.3, -0.25) is 4.98 Å². The molecule has 0 saturated carbocycles. The average Bonchev–Trinajstić information content (AvgIpc) is 2.42. The quantitative estimate of drug-likeness (QED) is 0.661. The van der Waals surface area contributed by atoms with Crippen molar-refractivity contribution in [3.8, 4) is 5.75 Å². The number of hydrogen-bond donors (Lipinski definition) is 2. The number of alkyl halides is 3. The summed E-state index contributed by atoms with van der Waals surface area (Å²) in [6.45, 7) is 4.10. The summed E-state index contributed by atoms with van der Waals surface area (Å²) in [7, 11) is 0. The summed E-state index contributed by atoms with van der Waals surface area (Å²) in [6.07, 6.45) is -4.74. The number of nitrogens with one attached hydrogen (secondary N) is 1. The molecule has 0 aliphatic rings. The van der Waals surface area contributed by atoms with Gasteiger partial charge in [-0.25, -0.2) is 4.99 Å². The minimum atomic E-state index is -4.74. The molecule has 3 N–H and O–H groups in total. The van der Waals surface area contributed by atoms with Crippen molar-refractivity contribution in [1.82, 2.24) is 4.98 Å². The molecule has 5 nitrogen and oxygen atoms in total. The molecule has 0 atom stereocenters. The highest BCUT2D eigenvalue weighted by atomic mass is 19.4. The van der Waals surface area contributed by atoms with Crippen LogP contribution in [-0.2, 0) is 6.54 Å². The lowest BCUT2D eigenvalue weighted by molar-refractivity contribution is -0.274. The fourth-order valence-electron chi connectivity index (χ4n) is 2.15. The van der Waals surface area contributed by atoms with Crippen molar-refractivity contribution in [1.29, 1.82) is 0 Å². The third-order valence-corrected chi connectivity index (χ3v) is 2.91. The average molecular weight is 338 g/mol. The third kappa shape index (κ3) is 5.79. The van der Waals surface area contributed by atoms with E-state index in [0.717, 1.165) is 17.0 Å². The molecule has 0 aliphatic heterocycles. The molecule has 24 heavy (non-hydrogen) atoms. The fourth-order valence-corrected chi connectivity index (χ4v) is 2.15. The van der Waals surface area contributed by atoms with E-state index in [-0.39, 0.29) is 11.7 Å². The molecule has 0 bridgehead atoms. The lowest BCUT2D eigenvalue weighted by atomic mass is 10.2. The normalized spacial score (nSPS) is 12.1. The molecule has 1 heterocycles. The Kier molecular flexibility index (Phi) is 5.28. The number of aryl methyl sites for hydroxylation is 2. The van der Waals surface area contributed by atoms with Crippen molar-refractivity contribution in [3.63, 3.8) is 0 Å². The molecule has 0 spiro atoms. The Morgan fingerprint density at radius 2 is 1.88 bits per heavy atom. The van der Waals surface area contributed by atoms with E-state index in [0.29, 0.717) is 12.2 Å². The number of rotatable bonds is 4. The maximum atomic E-state index is 12.2. The summed E-state index contributed by atoms with van der Waals surface area (Å²) in [5, 5.41) is 2.73. The lowest BCUT2D eigenvalue weighted by Gasteiger charge is -2.11. The molecule has 8 heteroatoms. The highest BCUT2D eigenvalue weighted by Crippen LogP contribution is 2.24. The number of benzene rings is 1. The first-order chi connectivity index (χ1) is 11.2. The number of halogens is 3. The predicted molar refractivity (Wildman–Crippen MR) is 85.8 cm³/mol. The van der Waals surface area contributed by atoms with E-state index in [2.05, 4.69) is 20.0 Å². The first kappa shape index (κ1) is 17.6. The highest BCUT2D eigenvalue weighted by molar-refractivity contribution is 5.92. The summed E-state index contributed by atoms with van der Waals surface area (Å²) in [4.78, 5) is 8.44. The van der Waals surface area contributed by atoms with E-state index in [1.54, 1.807) is 6.07 Å². The first-order valence-corrected chi connectivity index (χ1v) is 7.08. The topological polar surface area (TPSA) is 72.5 Å². The number of nitrogens with two attached hydrogens (primary N) is 1. The molecule has 0 radical (unpaired) electrons. The molecule has 0 fully saturated rings. The molecule has 2 rings (SSSR count). The van der Waals surface area contributed by atoms with E-state index in [9.17, 15) is 13.2 Å². The third-order valence-electron chi connectivity index (χ3n) is 2.91. The number of hydrogen-bond acceptors (Lipinski definition) is 3. The molecule has 2 aromatic rings. The van der Waals surface area contributed by atoms with Crippen LogP contribution in [0.4, 0.5) is 18.9 Å². The Hall–Kier alpha value is -2.77. The SMILES string of the molecule is Cc1cc(CN=C(N)Nc2cccc(OC(F)(F)F)c2)cc(C)n1. The number of guanidine groups is 1. The largest absolute Gasteiger partial charge is 0.573 e. The van der Waals surface area contributed by atoms with Gasteiger partial charge in [-0.2, -0.15) is 0 Å². The van der Waals surface area contributed by atoms with Gasteiger partial charge in [-0.05, 0) is 43.7 Å². The van der Waals surface area contributed by atoms with Crippen LogP contribution in [0.2, 0.25) is 0 Å². The fraction of sp³-hybridized carbons (Fsp3) is 0.250. The van der Waals surface area contributed by atoms with Gasteiger partial charge in [0, 0.05) is 23.1 Å². The van der Waals surface area contributed by atoms with Crippen molar-refractivity contribution in [2.75, 3.05) is 5.32 Å². The number of anilines is 1. The van der Waals surface area contributed by atoms with Crippen LogP contribution in [-0.4, -0.2) is 17.3 Å². The van der Waals surface area contributed by atoms with Gasteiger partial charge in [0.2, 0.25) is 0 Å². The zero-order valence-corrected chi connectivity index (χ0v) is 13.2. The standard InChI is InChI=1S/C16H17F3N4O/c1-10-6-12(7-11(2)22-10)9-21-15(20)23-13-4-3-5-14(8-13)24-16(17,18)19/h3-8H,9H2,1-2H3,(H3,20,21,23). The second-order valence-corrected chi connectivity index (χ2v) is 5.16. The van der Waals surface area contributed by atoms with Crippen molar-refractivity contribution >= 4 is 11.6 Å². The number of aromatic nitrogens is 1. The van der Waals surface area contributed by atoms with Crippen LogP contribution in [0.25, 0.3) is 0 Å². The maximum Gasteiger partial charge on any atom is 0.573 e. The summed E-state index contributed by atoms with van der Waals surface area (Å²) in [5.41, 5.74) is 8.81. The highest BCUT2D eigenvalue weighted by Gasteiger charge is 2.31. The molecule has 0 unspecified atom stereocenters. The maximum absolute atomic E-state index is 12.2. The molecule has 128 valence electrons. The van der Waals surface area contributed by atoms with E-state index in [1.165, 1.54) is 18.2 Å². The first-order valence-electron chi connectivity index (χ1n) is 7.08. The Bertz CT molecular complexity index is 724. The van der Waals surface area contributed by atoms with Gasteiger partial charge in [-0.1, -0.05) is 6.07 Å². The number of pyridine rings is 1. The van der Waals surface area contributed by atoms with Gasteiger partial charge in [-0.15, -0.1) is 13.2 Å². The summed E-state index contributed by atoms with van der Waals surface area (Å²) >= 11 is 0. The molecule has 0 amide bonds. The molecule has 1 aromatic heterocycles. The molecular weight excluding hydrogens is 321 g/mol. The minimum absolute atomic E-state index is 0.0891. The lowest BCUT2D eigenvalue weighted by Crippen LogP contribution is -2.23. The van der Waals surface area contributed by atoms with Crippen LogP contribution in [0.15, 0.2) is 41.4 Å². The van der Waals surface area contributed by atoms with Gasteiger partial charge in [0.05, 0.1) is 6.54 Å². The van der Waals surface area contributed by atoms with E-state index in [4.69, 9.17) is 5.73 Å². The van der Waals surface area contributed by atoms with Crippen LogP contribution >= 0.6 is 0 Å². The van der Waals surface area contributed by atoms with E-state index < -0.39 is 6.36 Å². The van der Waals surface area contributed by atoms with Gasteiger partial charge in [0.1, 0.15) is 5.75 Å².